The zero-order valence-electron chi connectivity index (χ0n) is 24.2. The average Bonchev–Trinajstić information content (AvgIpc) is 3.31. The largest absolute Gasteiger partial charge is 0.469 e. The number of nitrogens with one attached hydrogen (secondary N) is 2. The number of esters is 1. The molecule has 2 fully saturated rings. The quantitative estimate of drug-likeness (QED) is 0.248. The van der Waals surface area contributed by atoms with Crippen LogP contribution in [0.2, 0.25) is 10.0 Å². The number of halogens is 2. The lowest BCUT2D eigenvalue weighted by atomic mass is 9.91. The summed E-state index contributed by atoms with van der Waals surface area (Å²) in [4.78, 5) is 59.3. The van der Waals surface area contributed by atoms with Gasteiger partial charge in [0.05, 0.1) is 24.9 Å². The summed E-state index contributed by atoms with van der Waals surface area (Å²) in [6.07, 6.45) is 4.35. The number of hydrogen-bond donors (Lipinski definition) is 3. The SMILES string of the molecule is COC(=O)[C@H]1CC[C@@H](NC(=O)C2(NC(=O)c3cnc4n3[C@](C)(Cc3ccc(N)cc3)C(=O)N4c3cc(Cl)cc(Cl)c3)CC2)C1. The van der Waals surface area contributed by atoms with E-state index in [9.17, 15) is 19.2 Å². The number of carbonyl (C=O) groups is 4. The van der Waals surface area contributed by atoms with Crippen molar-refractivity contribution in [3.63, 3.8) is 0 Å². The number of anilines is 3. The lowest BCUT2D eigenvalue weighted by Gasteiger charge is -2.27. The number of fused-ring (bicyclic) bond motifs is 1. The van der Waals surface area contributed by atoms with E-state index in [1.807, 2.05) is 12.1 Å². The third-order valence-corrected chi connectivity index (χ3v) is 9.24. The van der Waals surface area contributed by atoms with E-state index in [0.29, 0.717) is 53.5 Å². The van der Waals surface area contributed by atoms with Gasteiger partial charge in [0, 0.05) is 28.2 Å². The van der Waals surface area contributed by atoms with Crippen LogP contribution in [0.4, 0.5) is 17.3 Å². The zero-order chi connectivity index (χ0) is 31.4. The van der Waals surface area contributed by atoms with Crippen molar-refractivity contribution in [2.24, 2.45) is 5.92 Å². The molecule has 1 aliphatic heterocycles. The Hall–Kier alpha value is -4.09. The highest BCUT2D eigenvalue weighted by Crippen LogP contribution is 2.44. The van der Waals surface area contributed by atoms with Crippen LogP contribution in [0.5, 0.6) is 0 Å². The van der Waals surface area contributed by atoms with Gasteiger partial charge in [0.25, 0.3) is 11.8 Å². The number of hydrogen-bond acceptors (Lipinski definition) is 7. The summed E-state index contributed by atoms with van der Waals surface area (Å²) in [6.45, 7) is 1.75. The van der Waals surface area contributed by atoms with Gasteiger partial charge in [-0.2, -0.15) is 0 Å². The van der Waals surface area contributed by atoms with Crippen molar-refractivity contribution in [1.82, 2.24) is 20.2 Å². The van der Waals surface area contributed by atoms with Crippen LogP contribution in [0.3, 0.4) is 0 Å². The second kappa shape index (κ2) is 11.1. The van der Waals surface area contributed by atoms with Crippen molar-refractivity contribution >= 4 is 64.2 Å². The normalized spacial score (nSPS) is 23.3. The number of aromatic nitrogens is 2. The molecule has 2 heterocycles. The molecule has 6 rings (SSSR count). The number of amides is 3. The Labute approximate surface area is 264 Å². The van der Waals surface area contributed by atoms with Crippen molar-refractivity contribution in [1.29, 1.82) is 0 Å². The molecule has 4 N–H and O–H groups in total. The van der Waals surface area contributed by atoms with Crippen LogP contribution in [-0.4, -0.2) is 51.9 Å². The summed E-state index contributed by atoms with van der Waals surface area (Å²) < 4.78 is 6.46. The van der Waals surface area contributed by atoms with Crippen LogP contribution in [0.25, 0.3) is 0 Å². The molecule has 0 radical (unpaired) electrons. The number of nitrogens with two attached hydrogens (primary N) is 1. The Balaban J connectivity index is 1.30. The topological polar surface area (TPSA) is 149 Å². The average molecular weight is 640 g/mol. The smallest absolute Gasteiger partial charge is 0.308 e. The number of ether oxygens (including phenoxy) is 1. The van der Waals surface area contributed by atoms with E-state index < -0.39 is 17.0 Å². The van der Waals surface area contributed by atoms with Crippen LogP contribution >= 0.6 is 23.2 Å². The molecule has 0 saturated heterocycles. The summed E-state index contributed by atoms with van der Waals surface area (Å²) in [7, 11) is 1.35. The van der Waals surface area contributed by atoms with Gasteiger partial charge in [0.1, 0.15) is 16.8 Å². The van der Waals surface area contributed by atoms with E-state index in [2.05, 4.69) is 15.6 Å². The fourth-order valence-electron chi connectivity index (χ4n) is 6.29. The number of nitrogen functional groups attached to an aromatic ring is 1. The molecular formula is C31H32Cl2N6O5. The molecule has 230 valence electrons. The molecule has 2 saturated carbocycles. The number of benzene rings is 2. The molecule has 3 atom stereocenters. The Morgan fingerprint density at radius 1 is 1.09 bits per heavy atom. The van der Waals surface area contributed by atoms with E-state index in [4.69, 9.17) is 33.7 Å². The second-order valence-corrected chi connectivity index (χ2v) is 12.9. The molecule has 3 amide bonds. The minimum atomic E-state index is -1.27. The van der Waals surface area contributed by atoms with Crippen LogP contribution in [0.15, 0.2) is 48.7 Å². The summed E-state index contributed by atoms with van der Waals surface area (Å²) in [5.74, 6) is -1.46. The van der Waals surface area contributed by atoms with Gasteiger partial charge in [-0.05, 0) is 74.9 Å². The number of carbonyl (C=O) groups excluding carboxylic acids is 4. The maximum Gasteiger partial charge on any atom is 0.308 e. The van der Waals surface area contributed by atoms with Crippen LogP contribution in [-0.2, 0) is 31.1 Å². The van der Waals surface area contributed by atoms with Gasteiger partial charge in [-0.15, -0.1) is 0 Å². The predicted octanol–water partition coefficient (Wildman–Crippen LogP) is 4.13. The first-order chi connectivity index (χ1) is 20.9. The molecule has 44 heavy (non-hydrogen) atoms. The van der Waals surface area contributed by atoms with Crippen LogP contribution < -0.4 is 21.3 Å². The molecule has 0 spiro atoms. The van der Waals surface area contributed by atoms with E-state index in [1.165, 1.54) is 18.2 Å². The second-order valence-electron chi connectivity index (χ2n) is 12.0. The Bertz CT molecular complexity index is 1650. The van der Waals surface area contributed by atoms with Gasteiger partial charge in [-0.1, -0.05) is 35.3 Å². The van der Waals surface area contributed by atoms with Crippen LogP contribution in [0, 0.1) is 5.92 Å². The third kappa shape index (κ3) is 5.28. The van der Waals surface area contributed by atoms with Crippen molar-refractivity contribution in [2.75, 3.05) is 17.7 Å². The molecular weight excluding hydrogens is 607 g/mol. The maximum absolute atomic E-state index is 14.2. The van der Waals surface area contributed by atoms with Crippen molar-refractivity contribution in [3.05, 3.63) is 70.0 Å². The predicted molar refractivity (Wildman–Crippen MR) is 165 cm³/mol. The minimum Gasteiger partial charge on any atom is -0.469 e. The van der Waals surface area contributed by atoms with E-state index in [1.54, 1.807) is 41.8 Å². The molecule has 11 nitrogen and oxygen atoms in total. The number of imidazole rings is 1. The van der Waals surface area contributed by atoms with Gasteiger partial charge in [-0.25, -0.2) is 9.88 Å². The van der Waals surface area contributed by atoms with Crippen molar-refractivity contribution in [3.8, 4) is 0 Å². The van der Waals surface area contributed by atoms with Gasteiger partial charge in [0.15, 0.2) is 0 Å². The molecule has 0 bridgehead atoms. The summed E-state index contributed by atoms with van der Waals surface area (Å²) in [6, 6.07) is 11.8. The molecule has 2 aromatic carbocycles. The first kappa shape index (κ1) is 30.0. The van der Waals surface area contributed by atoms with E-state index in [0.717, 1.165) is 5.56 Å². The Kier molecular flexibility index (Phi) is 7.57. The monoisotopic (exact) mass is 638 g/mol. The van der Waals surface area contributed by atoms with Crippen molar-refractivity contribution < 1.29 is 23.9 Å². The first-order valence-corrected chi connectivity index (χ1v) is 15.1. The van der Waals surface area contributed by atoms with Crippen LogP contribution in [0.1, 0.15) is 55.1 Å². The Morgan fingerprint density at radius 3 is 2.41 bits per heavy atom. The number of rotatable bonds is 8. The van der Waals surface area contributed by atoms with Gasteiger partial charge in [0.2, 0.25) is 11.9 Å². The first-order valence-electron chi connectivity index (χ1n) is 14.4. The maximum atomic E-state index is 14.2. The summed E-state index contributed by atoms with van der Waals surface area (Å²) in [5, 5.41) is 6.61. The number of nitrogens with zero attached hydrogens (tertiary/aromatic N) is 3. The summed E-state index contributed by atoms with van der Waals surface area (Å²) in [5.41, 5.74) is 5.49. The van der Waals surface area contributed by atoms with E-state index in [-0.39, 0.29) is 47.8 Å². The standard InChI is InChI=1S/C31H32Cl2N6O5/c1-30(15-17-3-6-21(34)7-4-17)28(43)38(23-13-19(32)12-20(33)14-23)29-35-16-24(39(29)30)25(40)37-31(9-10-31)27(42)36-22-8-5-18(11-22)26(41)44-2/h3-4,6-7,12-14,16,18,22H,5,8-11,15,34H2,1-2H3,(H,36,42)(H,37,40)/t18-,22+,30+/m0/s1. The lowest BCUT2D eigenvalue weighted by Crippen LogP contribution is -2.52. The highest BCUT2D eigenvalue weighted by Gasteiger charge is 2.55. The molecule has 13 heteroatoms. The minimum absolute atomic E-state index is 0.132. The van der Waals surface area contributed by atoms with Gasteiger partial charge in [-0.3, -0.25) is 23.7 Å². The highest BCUT2D eigenvalue weighted by atomic mass is 35.5. The molecule has 2 aliphatic carbocycles. The van der Waals surface area contributed by atoms with Gasteiger partial charge < -0.3 is 21.1 Å². The fraction of sp³-hybridized carbons (Fsp3) is 0.387. The van der Waals surface area contributed by atoms with E-state index >= 15 is 0 Å². The fourth-order valence-corrected chi connectivity index (χ4v) is 6.81. The summed E-state index contributed by atoms with van der Waals surface area (Å²) >= 11 is 12.6. The molecule has 3 aliphatic rings. The Morgan fingerprint density at radius 2 is 1.77 bits per heavy atom. The molecule has 1 aromatic heterocycles. The van der Waals surface area contributed by atoms with Gasteiger partial charge >= 0.3 is 5.97 Å². The highest BCUT2D eigenvalue weighted by molar-refractivity contribution is 6.35. The third-order valence-electron chi connectivity index (χ3n) is 8.81. The molecule has 0 unspecified atom stereocenters. The number of methoxy groups -OCH3 is 1. The zero-order valence-corrected chi connectivity index (χ0v) is 25.7. The van der Waals surface area contributed by atoms with Crippen molar-refractivity contribution in [2.45, 2.75) is 62.6 Å². The molecule has 3 aromatic rings. The lowest BCUT2D eigenvalue weighted by molar-refractivity contribution is -0.145.